The molecule has 26 heavy (non-hydrogen) atoms. The first-order valence-corrected chi connectivity index (χ1v) is 8.49. The lowest BCUT2D eigenvalue weighted by atomic mass is 10.1. The molecule has 2 aromatic carbocycles. The van der Waals surface area contributed by atoms with E-state index in [0.29, 0.717) is 31.2 Å². The van der Waals surface area contributed by atoms with Gasteiger partial charge in [0.15, 0.2) is 0 Å². The Balaban J connectivity index is 1.73. The zero-order valence-electron chi connectivity index (χ0n) is 14.2. The zero-order chi connectivity index (χ0) is 18.7. The van der Waals surface area contributed by atoms with Crippen LogP contribution in [-0.2, 0) is 0 Å². The zero-order valence-corrected chi connectivity index (χ0v) is 15.0. The number of carbonyl (C=O) groups is 1. The van der Waals surface area contributed by atoms with Gasteiger partial charge in [0.05, 0.1) is 12.0 Å². The van der Waals surface area contributed by atoms with Crippen LogP contribution in [0.25, 0.3) is 0 Å². The van der Waals surface area contributed by atoms with Gasteiger partial charge in [0.25, 0.3) is 11.6 Å². The number of amides is 1. The van der Waals surface area contributed by atoms with E-state index in [1.165, 1.54) is 18.2 Å². The maximum Gasteiger partial charge on any atom is 0.282 e. The second kappa shape index (κ2) is 7.61. The fourth-order valence-electron chi connectivity index (χ4n) is 2.98. The van der Waals surface area contributed by atoms with Crippen LogP contribution in [0.5, 0.6) is 5.75 Å². The molecular weight excluding hydrogens is 358 g/mol. The first-order chi connectivity index (χ1) is 12.5. The van der Waals surface area contributed by atoms with Crippen LogP contribution in [-0.4, -0.2) is 49.0 Å². The molecule has 0 N–H and O–H groups in total. The normalized spacial score (nSPS) is 14.2. The van der Waals surface area contributed by atoms with Crippen molar-refractivity contribution in [2.24, 2.45) is 0 Å². The molecule has 0 bridgehead atoms. The first-order valence-electron chi connectivity index (χ1n) is 8.12. The van der Waals surface area contributed by atoms with Gasteiger partial charge in [-0.05, 0) is 24.3 Å². The number of anilines is 1. The Hall–Kier alpha value is -2.80. The van der Waals surface area contributed by atoms with Crippen molar-refractivity contribution in [3.63, 3.8) is 0 Å². The third-order valence-electron chi connectivity index (χ3n) is 4.37. The van der Waals surface area contributed by atoms with E-state index in [4.69, 9.17) is 16.3 Å². The van der Waals surface area contributed by atoms with E-state index in [9.17, 15) is 14.9 Å². The fraction of sp³-hybridized carbons (Fsp3) is 0.278. The van der Waals surface area contributed by atoms with Crippen molar-refractivity contribution in [1.82, 2.24) is 4.90 Å². The number of halogens is 1. The number of methoxy groups -OCH3 is 1. The van der Waals surface area contributed by atoms with E-state index in [2.05, 4.69) is 4.90 Å². The number of hydrogen-bond donors (Lipinski definition) is 0. The molecule has 0 spiro atoms. The molecule has 7 nitrogen and oxygen atoms in total. The van der Waals surface area contributed by atoms with Gasteiger partial charge in [-0.25, -0.2) is 0 Å². The second-order valence-corrected chi connectivity index (χ2v) is 6.34. The summed E-state index contributed by atoms with van der Waals surface area (Å²) in [6, 6.07) is 11.8. The summed E-state index contributed by atoms with van der Waals surface area (Å²) in [5.74, 6) is 0.403. The number of benzene rings is 2. The number of nitrogens with zero attached hydrogens (tertiary/aromatic N) is 3. The summed E-state index contributed by atoms with van der Waals surface area (Å²) in [5, 5.41) is 11.5. The highest BCUT2D eigenvalue weighted by Crippen LogP contribution is 2.26. The molecule has 0 saturated carbocycles. The van der Waals surface area contributed by atoms with Crippen LogP contribution in [0.1, 0.15) is 10.4 Å². The van der Waals surface area contributed by atoms with E-state index in [0.717, 1.165) is 11.4 Å². The molecule has 0 aromatic heterocycles. The maximum absolute atomic E-state index is 12.7. The number of nitro groups is 1. The maximum atomic E-state index is 12.7. The van der Waals surface area contributed by atoms with E-state index < -0.39 is 4.92 Å². The van der Waals surface area contributed by atoms with Crippen LogP contribution in [0.4, 0.5) is 11.4 Å². The van der Waals surface area contributed by atoms with Crippen molar-refractivity contribution in [2.75, 3.05) is 38.2 Å². The van der Waals surface area contributed by atoms with Crippen LogP contribution < -0.4 is 9.64 Å². The molecule has 1 aliphatic rings. The molecule has 3 rings (SSSR count). The molecule has 1 saturated heterocycles. The Bertz CT molecular complexity index is 835. The lowest BCUT2D eigenvalue weighted by Gasteiger charge is -2.36. The Morgan fingerprint density at radius 3 is 2.54 bits per heavy atom. The summed E-state index contributed by atoms with van der Waals surface area (Å²) in [4.78, 5) is 27.1. The monoisotopic (exact) mass is 375 g/mol. The van der Waals surface area contributed by atoms with E-state index in [1.54, 1.807) is 12.0 Å². The topological polar surface area (TPSA) is 75.9 Å². The summed E-state index contributed by atoms with van der Waals surface area (Å²) in [6.07, 6.45) is 0. The van der Waals surface area contributed by atoms with Gasteiger partial charge in [-0.3, -0.25) is 14.9 Å². The van der Waals surface area contributed by atoms with Gasteiger partial charge in [0.2, 0.25) is 0 Å². The molecule has 1 aliphatic heterocycles. The molecule has 1 amide bonds. The van der Waals surface area contributed by atoms with Crippen molar-refractivity contribution < 1.29 is 14.5 Å². The third kappa shape index (κ3) is 3.72. The highest BCUT2D eigenvalue weighted by molar-refractivity contribution is 6.31. The van der Waals surface area contributed by atoms with E-state index >= 15 is 0 Å². The highest BCUT2D eigenvalue weighted by Gasteiger charge is 2.28. The number of nitro benzene ring substituents is 1. The summed E-state index contributed by atoms with van der Waals surface area (Å²) in [6.45, 7) is 2.21. The van der Waals surface area contributed by atoms with Crippen LogP contribution >= 0.6 is 11.6 Å². The van der Waals surface area contributed by atoms with Crippen molar-refractivity contribution in [3.8, 4) is 5.75 Å². The fourth-order valence-corrected chi connectivity index (χ4v) is 3.16. The summed E-state index contributed by atoms with van der Waals surface area (Å²) >= 11 is 5.92. The van der Waals surface area contributed by atoms with Crippen molar-refractivity contribution in [1.29, 1.82) is 0 Å². The Morgan fingerprint density at radius 1 is 1.15 bits per heavy atom. The van der Waals surface area contributed by atoms with Crippen molar-refractivity contribution in [2.45, 2.75) is 0 Å². The van der Waals surface area contributed by atoms with E-state index in [-0.39, 0.29) is 17.2 Å². The molecule has 136 valence electrons. The molecular formula is C18H18ClN3O4. The molecule has 0 unspecified atom stereocenters. The Morgan fingerprint density at radius 2 is 1.88 bits per heavy atom. The quantitative estimate of drug-likeness (QED) is 0.605. The number of rotatable bonds is 4. The van der Waals surface area contributed by atoms with Gasteiger partial charge in [-0.2, -0.15) is 0 Å². The van der Waals surface area contributed by atoms with Crippen LogP contribution in [0.2, 0.25) is 5.02 Å². The van der Waals surface area contributed by atoms with Gasteiger partial charge < -0.3 is 14.5 Å². The van der Waals surface area contributed by atoms with Gasteiger partial charge in [-0.1, -0.05) is 17.7 Å². The summed E-state index contributed by atoms with van der Waals surface area (Å²) in [7, 11) is 1.62. The molecule has 8 heteroatoms. The minimum atomic E-state index is -0.559. The standard InChI is InChI=1S/C18H18ClN3O4/c1-26-15-4-2-3-14(12-15)20-7-9-21(10-8-20)18(23)16-11-13(19)5-6-17(16)22(24)25/h2-6,11-12H,7-10H2,1H3. The number of piperazine rings is 1. The smallest absolute Gasteiger partial charge is 0.282 e. The second-order valence-electron chi connectivity index (χ2n) is 5.90. The molecule has 1 heterocycles. The molecule has 0 radical (unpaired) electrons. The third-order valence-corrected chi connectivity index (χ3v) is 4.61. The summed E-state index contributed by atoms with van der Waals surface area (Å²) < 4.78 is 5.24. The predicted molar refractivity (Wildman–Crippen MR) is 99.2 cm³/mol. The Labute approximate surface area is 155 Å². The van der Waals surface area contributed by atoms with E-state index in [1.807, 2.05) is 24.3 Å². The van der Waals surface area contributed by atoms with Gasteiger partial charge >= 0.3 is 0 Å². The lowest BCUT2D eigenvalue weighted by molar-refractivity contribution is -0.385. The average molecular weight is 376 g/mol. The average Bonchev–Trinajstić information content (AvgIpc) is 2.67. The van der Waals surface area contributed by atoms with Gasteiger partial charge in [0.1, 0.15) is 11.3 Å². The van der Waals surface area contributed by atoms with Crippen LogP contribution in [0.15, 0.2) is 42.5 Å². The molecule has 1 fully saturated rings. The number of carbonyl (C=O) groups excluding carboxylic acids is 1. The van der Waals surface area contributed by atoms with Crippen molar-refractivity contribution in [3.05, 3.63) is 63.2 Å². The number of hydrogen-bond acceptors (Lipinski definition) is 5. The summed E-state index contributed by atoms with van der Waals surface area (Å²) in [5.41, 5.74) is 0.817. The van der Waals surface area contributed by atoms with Gasteiger partial charge in [-0.15, -0.1) is 0 Å². The molecule has 0 aliphatic carbocycles. The first kappa shape index (κ1) is 18.0. The SMILES string of the molecule is COc1cccc(N2CCN(C(=O)c3cc(Cl)ccc3[N+](=O)[O-])CC2)c1. The largest absolute Gasteiger partial charge is 0.497 e. The molecule has 0 atom stereocenters. The van der Waals surface area contributed by atoms with Crippen LogP contribution in [0.3, 0.4) is 0 Å². The number of ether oxygens (including phenoxy) is 1. The van der Waals surface area contributed by atoms with Crippen LogP contribution in [0, 0.1) is 10.1 Å². The minimum Gasteiger partial charge on any atom is -0.497 e. The molecule has 2 aromatic rings. The minimum absolute atomic E-state index is 0.0253. The lowest BCUT2D eigenvalue weighted by Crippen LogP contribution is -2.48. The van der Waals surface area contributed by atoms with Crippen molar-refractivity contribution >= 4 is 28.9 Å². The van der Waals surface area contributed by atoms with Gasteiger partial charge in [0, 0.05) is 49.0 Å². The Kier molecular flexibility index (Phi) is 5.27. The predicted octanol–water partition coefficient (Wildman–Crippen LogP) is 3.22. The highest BCUT2D eigenvalue weighted by atomic mass is 35.5.